The zero-order chi connectivity index (χ0) is 20.2. The molecule has 1 N–H and O–H groups in total. The van der Waals surface area contributed by atoms with E-state index in [1.54, 1.807) is 6.07 Å². The van der Waals surface area contributed by atoms with E-state index in [1.165, 1.54) is 32.2 Å². The molecule has 0 saturated heterocycles. The SMILES string of the molecule is COc1cc(/C=C/C(=O)OCCO[N+](=O)[O-])ccc1OC(=O)C(C)NC=O. The lowest BCUT2D eigenvalue weighted by Crippen LogP contribution is -2.36. The maximum absolute atomic E-state index is 11.8. The third-order valence-corrected chi connectivity index (χ3v) is 3.01. The fraction of sp³-hybridized carbons (Fsp3) is 0.312. The van der Waals surface area contributed by atoms with Gasteiger partial charge in [-0.1, -0.05) is 6.07 Å². The van der Waals surface area contributed by atoms with E-state index in [9.17, 15) is 24.5 Å². The summed E-state index contributed by atoms with van der Waals surface area (Å²) in [7, 11) is 1.37. The second-order valence-corrected chi connectivity index (χ2v) is 4.90. The molecule has 0 saturated carbocycles. The molecule has 1 aromatic rings. The molecule has 0 spiro atoms. The van der Waals surface area contributed by atoms with Gasteiger partial charge in [-0.2, -0.15) is 0 Å². The van der Waals surface area contributed by atoms with Crippen LogP contribution < -0.4 is 14.8 Å². The van der Waals surface area contributed by atoms with E-state index in [0.29, 0.717) is 12.0 Å². The molecule has 1 aromatic carbocycles. The molecule has 0 aromatic heterocycles. The van der Waals surface area contributed by atoms with E-state index in [-0.39, 0.29) is 24.7 Å². The van der Waals surface area contributed by atoms with Crippen LogP contribution in [-0.2, 0) is 24.0 Å². The van der Waals surface area contributed by atoms with Crippen LogP contribution in [0.1, 0.15) is 12.5 Å². The van der Waals surface area contributed by atoms with Crippen LogP contribution in [0.15, 0.2) is 24.3 Å². The second-order valence-electron chi connectivity index (χ2n) is 4.90. The van der Waals surface area contributed by atoms with Crippen molar-refractivity contribution < 1.29 is 38.5 Å². The molecule has 0 aliphatic heterocycles. The topological polar surface area (TPSA) is 143 Å². The number of carbonyl (C=O) groups is 3. The van der Waals surface area contributed by atoms with Gasteiger partial charge in [0.1, 0.15) is 19.3 Å². The first-order valence-corrected chi connectivity index (χ1v) is 7.59. The van der Waals surface area contributed by atoms with Crippen molar-refractivity contribution in [2.75, 3.05) is 20.3 Å². The molecule has 1 atom stereocenters. The monoisotopic (exact) mass is 382 g/mol. The molecule has 0 bridgehead atoms. The van der Waals surface area contributed by atoms with Crippen molar-refractivity contribution in [2.24, 2.45) is 0 Å². The normalized spacial score (nSPS) is 11.3. The van der Waals surface area contributed by atoms with E-state index in [4.69, 9.17) is 14.2 Å². The quantitative estimate of drug-likeness (QED) is 0.110. The second kappa shape index (κ2) is 11.1. The zero-order valence-corrected chi connectivity index (χ0v) is 14.6. The highest BCUT2D eigenvalue weighted by molar-refractivity contribution is 5.87. The van der Waals surface area contributed by atoms with Gasteiger partial charge in [0.15, 0.2) is 11.5 Å². The lowest BCUT2D eigenvalue weighted by atomic mass is 10.2. The van der Waals surface area contributed by atoms with Gasteiger partial charge < -0.3 is 24.4 Å². The molecule has 0 aliphatic rings. The number of benzene rings is 1. The molecule has 1 unspecified atom stereocenters. The largest absolute Gasteiger partial charge is 0.493 e. The zero-order valence-electron chi connectivity index (χ0n) is 14.6. The van der Waals surface area contributed by atoms with Crippen molar-refractivity contribution >= 4 is 24.4 Å². The molecule has 0 radical (unpaired) electrons. The lowest BCUT2D eigenvalue weighted by molar-refractivity contribution is -0.757. The van der Waals surface area contributed by atoms with Gasteiger partial charge in [0, 0.05) is 6.08 Å². The first-order valence-electron chi connectivity index (χ1n) is 7.59. The predicted molar refractivity (Wildman–Crippen MR) is 90.2 cm³/mol. The Morgan fingerprint density at radius 2 is 2.04 bits per heavy atom. The average Bonchev–Trinajstić information content (AvgIpc) is 2.64. The summed E-state index contributed by atoms with van der Waals surface area (Å²) < 4.78 is 15.0. The van der Waals surface area contributed by atoms with Crippen LogP contribution in [0.5, 0.6) is 11.5 Å². The van der Waals surface area contributed by atoms with E-state index in [2.05, 4.69) is 10.2 Å². The summed E-state index contributed by atoms with van der Waals surface area (Å²) in [6.07, 6.45) is 2.92. The van der Waals surface area contributed by atoms with Crippen molar-refractivity contribution in [3.05, 3.63) is 40.0 Å². The van der Waals surface area contributed by atoms with Gasteiger partial charge in [0.05, 0.1) is 7.11 Å². The van der Waals surface area contributed by atoms with E-state index >= 15 is 0 Å². The molecule has 0 fully saturated rings. The Morgan fingerprint density at radius 3 is 2.67 bits per heavy atom. The van der Waals surface area contributed by atoms with Gasteiger partial charge in [0.25, 0.3) is 5.09 Å². The lowest BCUT2D eigenvalue weighted by Gasteiger charge is -2.13. The Hall–Kier alpha value is -3.63. The highest BCUT2D eigenvalue weighted by Gasteiger charge is 2.16. The fourth-order valence-electron chi connectivity index (χ4n) is 1.71. The van der Waals surface area contributed by atoms with E-state index in [1.807, 2.05) is 0 Å². The summed E-state index contributed by atoms with van der Waals surface area (Å²) in [6, 6.07) is 3.70. The number of ether oxygens (including phenoxy) is 3. The number of rotatable bonds is 11. The highest BCUT2D eigenvalue weighted by atomic mass is 17.0. The first kappa shape index (κ1) is 21.4. The van der Waals surface area contributed by atoms with Gasteiger partial charge in [-0.3, -0.25) is 4.79 Å². The Labute approximate surface area is 153 Å². The predicted octanol–water partition coefficient (Wildman–Crippen LogP) is 0.500. The molecule has 27 heavy (non-hydrogen) atoms. The fourth-order valence-corrected chi connectivity index (χ4v) is 1.71. The van der Waals surface area contributed by atoms with Crippen LogP contribution in [0.3, 0.4) is 0 Å². The molecule has 146 valence electrons. The summed E-state index contributed by atoms with van der Waals surface area (Å²) in [5.41, 5.74) is 0.546. The minimum Gasteiger partial charge on any atom is -0.493 e. The maximum Gasteiger partial charge on any atom is 0.333 e. The van der Waals surface area contributed by atoms with Crippen molar-refractivity contribution in [1.29, 1.82) is 0 Å². The van der Waals surface area contributed by atoms with Crippen LogP contribution in [0, 0.1) is 10.1 Å². The Bertz CT molecular complexity index is 718. The summed E-state index contributed by atoms with van der Waals surface area (Å²) in [4.78, 5) is 47.6. The van der Waals surface area contributed by atoms with Crippen molar-refractivity contribution in [3.8, 4) is 11.5 Å². The summed E-state index contributed by atoms with van der Waals surface area (Å²) in [5, 5.41) is 11.2. The Morgan fingerprint density at radius 1 is 1.30 bits per heavy atom. The maximum atomic E-state index is 11.8. The molecule has 0 heterocycles. The number of amides is 1. The Kier molecular flexibility index (Phi) is 8.78. The molecule has 1 rings (SSSR count). The highest BCUT2D eigenvalue weighted by Crippen LogP contribution is 2.28. The van der Waals surface area contributed by atoms with Gasteiger partial charge >= 0.3 is 11.9 Å². The van der Waals surface area contributed by atoms with Crippen LogP contribution in [0.25, 0.3) is 6.08 Å². The number of esters is 2. The van der Waals surface area contributed by atoms with Gasteiger partial charge in [0.2, 0.25) is 6.41 Å². The van der Waals surface area contributed by atoms with Crippen molar-refractivity contribution in [1.82, 2.24) is 5.32 Å². The van der Waals surface area contributed by atoms with Crippen LogP contribution in [0.2, 0.25) is 0 Å². The van der Waals surface area contributed by atoms with Crippen molar-refractivity contribution in [3.63, 3.8) is 0 Å². The summed E-state index contributed by atoms with van der Waals surface area (Å²) in [6.45, 7) is 0.829. The number of carbonyl (C=O) groups excluding carboxylic acids is 3. The smallest absolute Gasteiger partial charge is 0.333 e. The Balaban J connectivity index is 2.67. The molecule has 0 aliphatic carbocycles. The van der Waals surface area contributed by atoms with Gasteiger partial charge in [-0.05, 0) is 30.7 Å². The van der Waals surface area contributed by atoms with Crippen LogP contribution in [0.4, 0.5) is 0 Å². The number of nitrogens with zero attached hydrogens (tertiary/aromatic N) is 1. The number of methoxy groups -OCH3 is 1. The minimum atomic E-state index is -0.986. The summed E-state index contributed by atoms with van der Waals surface area (Å²) >= 11 is 0. The minimum absolute atomic E-state index is 0.138. The number of nitrogens with one attached hydrogen (secondary N) is 1. The molecule has 11 nitrogen and oxygen atoms in total. The third-order valence-electron chi connectivity index (χ3n) is 3.01. The van der Waals surface area contributed by atoms with Gasteiger partial charge in [-0.15, -0.1) is 10.1 Å². The van der Waals surface area contributed by atoms with E-state index in [0.717, 1.165) is 6.08 Å². The third kappa shape index (κ3) is 7.86. The van der Waals surface area contributed by atoms with Crippen molar-refractivity contribution in [2.45, 2.75) is 13.0 Å². The molecular weight excluding hydrogens is 364 g/mol. The van der Waals surface area contributed by atoms with E-state index < -0.39 is 23.1 Å². The molecule has 11 heteroatoms. The number of hydrogen-bond acceptors (Lipinski definition) is 9. The standard InChI is InChI=1S/C16H18N2O9/c1-11(17-10-19)16(21)27-13-5-3-12(9-14(13)24-2)4-6-15(20)25-7-8-26-18(22)23/h3-6,9-11H,7-8H2,1-2H3,(H,17,19)/b6-4+. The summed E-state index contributed by atoms with van der Waals surface area (Å²) in [5.74, 6) is -1.02. The first-order chi connectivity index (χ1) is 12.9. The van der Waals surface area contributed by atoms with Crippen LogP contribution in [-0.4, -0.2) is 49.8 Å². The van der Waals surface area contributed by atoms with Crippen LogP contribution >= 0.6 is 0 Å². The average molecular weight is 382 g/mol. The molecular formula is C16H18N2O9. The van der Waals surface area contributed by atoms with Gasteiger partial charge in [-0.25, -0.2) is 9.59 Å². The number of hydrogen-bond donors (Lipinski definition) is 1. The molecule has 1 amide bonds.